The summed E-state index contributed by atoms with van der Waals surface area (Å²) in [4.78, 5) is 0. The highest BCUT2D eigenvalue weighted by atomic mass is 14.9. The molecule has 0 amide bonds. The largest absolute Gasteiger partial charge is 0.308 e. The van der Waals surface area contributed by atoms with Crippen molar-refractivity contribution in [2.24, 2.45) is 0 Å². The molecule has 4 aromatic heterocycles. The summed E-state index contributed by atoms with van der Waals surface area (Å²) in [6.07, 6.45) is 0.805. The van der Waals surface area contributed by atoms with E-state index >= 15 is 0 Å². The fraction of sp³-hybridized carbons (Fsp3) is 0.0500. The fourth-order valence-corrected chi connectivity index (χ4v) is 15.3. The second-order valence-electron chi connectivity index (χ2n) is 24.1. The van der Waals surface area contributed by atoms with Gasteiger partial charge in [0.2, 0.25) is 0 Å². The maximum absolute atomic E-state index is 2.57. The number of nitrogens with zero attached hydrogens (tertiary/aromatic N) is 2. The van der Waals surface area contributed by atoms with Crippen LogP contribution in [0, 0.1) is 0 Å². The first-order valence-corrected chi connectivity index (χ1v) is 28.9. The minimum atomic E-state index is -0.0386. The summed E-state index contributed by atoms with van der Waals surface area (Å²) >= 11 is 0. The van der Waals surface area contributed by atoms with Crippen molar-refractivity contribution in [3.05, 3.63) is 277 Å². The second-order valence-corrected chi connectivity index (χ2v) is 24.1. The van der Waals surface area contributed by atoms with Gasteiger partial charge >= 0.3 is 0 Å². The smallest absolute Gasteiger partial charge is 0.0620 e. The third-order valence-electron chi connectivity index (χ3n) is 19.2. The second kappa shape index (κ2) is 16.0. The van der Waals surface area contributed by atoms with Gasteiger partial charge in [0.05, 0.1) is 33.1 Å². The Morgan fingerprint density at radius 2 is 0.695 bits per heavy atom. The summed E-state index contributed by atoms with van der Waals surface area (Å²) in [6, 6.07) is 97.3. The molecule has 0 fully saturated rings. The lowest BCUT2D eigenvalue weighted by Gasteiger charge is -2.21. The topological polar surface area (TPSA) is 8.82 Å². The van der Waals surface area contributed by atoms with Crippen LogP contribution >= 0.6 is 0 Å². The Labute approximate surface area is 472 Å². The molecule has 82 heavy (non-hydrogen) atoms. The lowest BCUT2D eigenvalue weighted by Crippen LogP contribution is -2.14. The van der Waals surface area contributed by atoms with E-state index in [-0.39, 0.29) is 5.41 Å². The number of hydrogen-bond acceptors (Lipinski definition) is 0. The minimum absolute atomic E-state index is 0.0386. The van der Waals surface area contributed by atoms with Crippen molar-refractivity contribution in [1.82, 2.24) is 8.80 Å². The quantitative estimate of drug-likeness (QED) is 0.162. The summed E-state index contributed by atoms with van der Waals surface area (Å²) < 4.78 is 5.10. The lowest BCUT2D eigenvalue weighted by atomic mass is 9.82. The predicted octanol–water partition coefficient (Wildman–Crippen LogP) is 21.5. The van der Waals surface area contributed by atoms with E-state index in [0.717, 1.165) is 6.42 Å². The number of benzene rings is 14. The van der Waals surface area contributed by atoms with Crippen LogP contribution in [-0.2, 0) is 11.8 Å². The van der Waals surface area contributed by atoms with E-state index in [1.165, 1.54) is 186 Å². The zero-order valence-corrected chi connectivity index (χ0v) is 45.4. The van der Waals surface area contributed by atoms with Crippen LogP contribution in [0.4, 0.5) is 0 Å². The highest BCUT2D eigenvalue weighted by Crippen LogP contribution is 2.51. The van der Waals surface area contributed by atoms with Gasteiger partial charge in [-0.15, -0.1) is 0 Å². The molecule has 0 unspecified atom stereocenters. The van der Waals surface area contributed by atoms with Gasteiger partial charge in [-0.2, -0.15) is 0 Å². The average Bonchev–Trinajstić information content (AvgIpc) is 1.74. The Bertz CT molecular complexity index is 5690. The van der Waals surface area contributed by atoms with Crippen LogP contribution in [0.3, 0.4) is 0 Å². The van der Waals surface area contributed by atoms with Crippen molar-refractivity contribution >= 4 is 119 Å². The zero-order chi connectivity index (χ0) is 53.7. The van der Waals surface area contributed by atoms with Crippen molar-refractivity contribution in [3.63, 3.8) is 0 Å². The number of rotatable bonds is 5. The van der Waals surface area contributed by atoms with Gasteiger partial charge in [0, 0.05) is 48.5 Å². The van der Waals surface area contributed by atoms with Crippen molar-refractivity contribution in [2.45, 2.75) is 25.7 Å². The van der Waals surface area contributed by atoms with Crippen molar-refractivity contribution in [1.29, 1.82) is 0 Å². The van der Waals surface area contributed by atoms with E-state index < -0.39 is 0 Å². The summed E-state index contributed by atoms with van der Waals surface area (Å²) in [5.41, 5.74) is 23.1. The maximum atomic E-state index is 2.57. The highest BCUT2D eigenvalue weighted by Gasteiger charge is 2.35. The normalized spacial score (nSPS) is 13.4. The Morgan fingerprint density at radius 1 is 0.256 bits per heavy atom. The summed E-state index contributed by atoms with van der Waals surface area (Å²) in [7, 11) is 0. The standard InChI is InChI=1S/C80H50N2/c1-80(2)72-23-13-12-22-61(72)63-33-56(27-29-73(63)80)58-38-68-64-34-49-16-6-9-19-52(49)42-74(64)82-77-45-57-31-46(24-26-55(57)37-67(77)69(39-58)78(68)82)30-47-25-28-60(48-14-4-3-5-15-48)62(32-47)59-40-70-65-35-50-17-7-10-20-53(50)43-75(65)81-76-44-54-21-11-8-18-51(54)36-66(76)71(41-59)79(70)81/h3-29,31-45H,30H2,1-2H3. The molecule has 0 spiro atoms. The Kier molecular flexibility index (Phi) is 8.68. The van der Waals surface area contributed by atoms with Crippen LogP contribution in [0.2, 0.25) is 0 Å². The van der Waals surface area contributed by atoms with E-state index in [0.29, 0.717) is 0 Å². The van der Waals surface area contributed by atoms with Crippen LogP contribution in [0.25, 0.3) is 164 Å². The molecule has 380 valence electrons. The van der Waals surface area contributed by atoms with Gasteiger partial charge in [-0.05, 0) is 195 Å². The first kappa shape index (κ1) is 44.6. The van der Waals surface area contributed by atoms with E-state index in [1.807, 2.05) is 0 Å². The highest BCUT2D eigenvalue weighted by molar-refractivity contribution is 6.29. The Hall–Kier alpha value is -10.3. The van der Waals surface area contributed by atoms with Crippen LogP contribution < -0.4 is 0 Å². The molecule has 0 radical (unpaired) electrons. The third-order valence-corrected chi connectivity index (χ3v) is 19.2. The van der Waals surface area contributed by atoms with Gasteiger partial charge in [0.1, 0.15) is 0 Å². The summed E-state index contributed by atoms with van der Waals surface area (Å²) in [5.74, 6) is 0. The summed E-state index contributed by atoms with van der Waals surface area (Å²) in [5, 5.41) is 20.4. The van der Waals surface area contributed by atoms with Crippen LogP contribution in [0.15, 0.2) is 255 Å². The van der Waals surface area contributed by atoms with Crippen molar-refractivity contribution < 1.29 is 0 Å². The molecule has 2 nitrogen and oxygen atoms in total. The molecule has 1 aliphatic rings. The van der Waals surface area contributed by atoms with Crippen LogP contribution in [0.5, 0.6) is 0 Å². The fourth-order valence-electron chi connectivity index (χ4n) is 15.3. The van der Waals surface area contributed by atoms with Gasteiger partial charge in [0.15, 0.2) is 0 Å². The van der Waals surface area contributed by atoms with Gasteiger partial charge in [0.25, 0.3) is 0 Å². The minimum Gasteiger partial charge on any atom is -0.308 e. The van der Waals surface area contributed by atoms with E-state index in [2.05, 4.69) is 277 Å². The molecule has 0 saturated carbocycles. The first-order valence-electron chi connectivity index (χ1n) is 28.9. The van der Waals surface area contributed by atoms with Crippen LogP contribution in [0.1, 0.15) is 36.1 Å². The molecule has 0 atom stereocenters. The summed E-state index contributed by atoms with van der Waals surface area (Å²) in [6.45, 7) is 4.73. The van der Waals surface area contributed by atoms with E-state index in [1.54, 1.807) is 0 Å². The van der Waals surface area contributed by atoms with Crippen LogP contribution in [-0.4, -0.2) is 8.80 Å². The SMILES string of the molecule is CC1(C)c2ccccc2-c2cc(-c3cc4c5cc6ccccc6cc5n5c6cc7cc(Cc8ccc(-c9ccccc9)c(-c9cc%10c%11cc%12ccccc%12cc%11n%11c%12cc%13ccccc%13cc%12c(c9)c%10%11)c8)ccc7cc6c(c3)c45)ccc21. The molecular weight excluding hydrogens is 989 g/mol. The predicted molar refractivity (Wildman–Crippen MR) is 349 cm³/mol. The van der Waals surface area contributed by atoms with E-state index in [9.17, 15) is 0 Å². The van der Waals surface area contributed by atoms with Crippen molar-refractivity contribution in [2.75, 3.05) is 0 Å². The molecule has 4 heterocycles. The van der Waals surface area contributed by atoms with Gasteiger partial charge in [-0.25, -0.2) is 0 Å². The van der Waals surface area contributed by atoms with Crippen molar-refractivity contribution in [3.8, 4) is 44.5 Å². The van der Waals surface area contributed by atoms with E-state index in [4.69, 9.17) is 0 Å². The number of aromatic nitrogens is 2. The number of fused-ring (bicyclic) bond motifs is 19. The zero-order valence-electron chi connectivity index (χ0n) is 45.4. The molecular formula is C80H50N2. The molecule has 14 aromatic carbocycles. The lowest BCUT2D eigenvalue weighted by molar-refractivity contribution is 0.660. The molecule has 0 aliphatic heterocycles. The molecule has 1 aliphatic carbocycles. The molecule has 18 aromatic rings. The average molecular weight is 1040 g/mol. The van der Waals surface area contributed by atoms with Gasteiger partial charge in [-0.3, -0.25) is 0 Å². The number of hydrogen-bond donors (Lipinski definition) is 0. The Balaban J connectivity index is 0.782. The molecule has 0 saturated heterocycles. The van der Waals surface area contributed by atoms with Gasteiger partial charge < -0.3 is 8.80 Å². The van der Waals surface area contributed by atoms with Gasteiger partial charge in [-0.1, -0.05) is 190 Å². The Morgan fingerprint density at radius 3 is 1.26 bits per heavy atom. The third kappa shape index (κ3) is 6.08. The maximum Gasteiger partial charge on any atom is 0.0620 e. The molecule has 19 rings (SSSR count). The monoisotopic (exact) mass is 1040 g/mol. The molecule has 0 N–H and O–H groups in total. The first-order chi connectivity index (χ1) is 40.3. The molecule has 2 heteroatoms. The molecule has 0 bridgehead atoms.